The minimum atomic E-state index is -0.580. The van der Waals surface area contributed by atoms with Crippen LogP contribution in [0.4, 0.5) is 4.39 Å². The second-order valence-corrected chi connectivity index (χ2v) is 4.47. The van der Waals surface area contributed by atoms with E-state index in [1.54, 1.807) is 29.7 Å². The number of nitrogens with zero attached hydrogens (tertiary/aromatic N) is 1. The van der Waals surface area contributed by atoms with E-state index >= 15 is 0 Å². The van der Waals surface area contributed by atoms with Gasteiger partial charge in [0.2, 0.25) is 0 Å². The van der Waals surface area contributed by atoms with Crippen LogP contribution >= 0.6 is 15.9 Å². The molecule has 1 heterocycles. The van der Waals surface area contributed by atoms with Crippen molar-refractivity contribution in [3.05, 3.63) is 52.4 Å². The van der Waals surface area contributed by atoms with E-state index in [1.165, 1.54) is 12.3 Å². The van der Waals surface area contributed by atoms with Crippen LogP contribution in [0.25, 0.3) is 0 Å². The van der Waals surface area contributed by atoms with Gasteiger partial charge in [0, 0.05) is 16.2 Å². The molecule has 7 heteroatoms. The summed E-state index contributed by atoms with van der Waals surface area (Å²) in [6.45, 7) is 0. The molecule has 0 radical (unpaired) electrons. The maximum atomic E-state index is 13.5. The highest BCUT2D eigenvalue weighted by atomic mass is 79.9. The predicted octanol–water partition coefficient (Wildman–Crippen LogP) is 3.08. The van der Waals surface area contributed by atoms with Crippen molar-refractivity contribution in [2.75, 3.05) is 0 Å². The number of rotatable bonds is 3. The molecule has 0 aliphatic rings. The molecule has 0 spiro atoms. The summed E-state index contributed by atoms with van der Waals surface area (Å²) in [5, 5.41) is 15.9. The molecule has 0 amide bonds. The largest absolute Gasteiger partial charge is 0.436 e. The van der Waals surface area contributed by atoms with Crippen LogP contribution < -0.4 is 10.2 Å². The zero-order chi connectivity index (χ0) is 13.8. The number of halogens is 2. The van der Waals surface area contributed by atoms with Crippen molar-refractivity contribution < 1.29 is 14.3 Å². The normalized spacial score (nSPS) is 10.1. The highest BCUT2D eigenvalue weighted by molar-refractivity contribution is 9.10. The molecular weight excluding hydrogens is 317 g/mol. The van der Waals surface area contributed by atoms with Crippen LogP contribution in [0.5, 0.6) is 11.6 Å². The van der Waals surface area contributed by atoms with Gasteiger partial charge in [0.15, 0.2) is 5.82 Å². The monoisotopic (exact) mass is 325 g/mol. The van der Waals surface area contributed by atoms with E-state index in [4.69, 9.17) is 15.4 Å². The fourth-order valence-corrected chi connectivity index (χ4v) is 1.65. The second-order valence-electron chi connectivity index (χ2n) is 3.55. The maximum Gasteiger partial charge on any atom is 0.255 e. The number of hydroxylamine groups is 1. The number of aromatic nitrogens is 1. The summed E-state index contributed by atoms with van der Waals surface area (Å²) in [5.74, 6) is -0.475. The lowest BCUT2D eigenvalue weighted by molar-refractivity contribution is 0.234. The summed E-state index contributed by atoms with van der Waals surface area (Å²) in [5.41, 5.74) is 2.20. The third-order valence-electron chi connectivity index (χ3n) is 2.24. The number of ether oxygens (including phenoxy) is 1. The average Bonchev–Trinajstić information content (AvgIpc) is 2.42. The van der Waals surface area contributed by atoms with Crippen LogP contribution in [0.1, 0.15) is 5.56 Å². The highest BCUT2D eigenvalue weighted by Crippen LogP contribution is 2.24. The number of hydrogen-bond donors (Lipinski definition) is 3. The lowest BCUT2D eigenvalue weighted by atomic mass is 10.2. The standard InChI is InChI=1S/C12H9BrFN3O2/c13-8-5-10(14)12(16-6-8)19-9-3-1-7(2-4-9)11(15)17-18/h1-6,18H,(H2,15,17). The lowest BCUT2D eigenvalue weighted by Crippen LogP contribution is -2.18. The average molecular weight is 326 g/mol. The Hall–Kier alpha value is -1.99. The number of amidine groups is 1. The van der Waals surface area contributed by atoms with Crippen molar-refractivity contribution in [1.29, 1.82) is 5.41 Å². The Morgan fingerprint density at radius 2 is 2.05 bits per heavy atom. The molecule has 19 heavy (non-hydrogen) atoms. The Balaban J connectivity index is 2.17. The Labute approximate surface area is 116 Å². The minimum absolute atomic E-state index is 0.133. The molecule has 98 valence electrons. The molecule has 0 unspecified atom stereocenters. The topological polar surface area (TPSA) is 78.2 Å². The van der Waals surface area contributed by atoms with Crippen molar-refractivity contribution in [2.45, 2.75) is 0 Å². The van der Waals surface area contributed by atoms with Gasteiger partial charge in [0.25, 0.3) is 5.88 Å². The number of hydrogen-bond acceptors (Lipinski definition) is 4. The Morgan fingerprint density at radius 1 is 1.37 bits per heavy atom. The summed E-state index contributed by atoms with van der Waals surface area (Å²) in [6, 6.07) is 7.45. The van der Waals surface area contributed by atoms with E-state index < -0.39 is 5.82 Å². The number of nitrogens with one attached hydrogen (secondary N) is 2. The van der Waals surface area contributed by atoms with E-state index in [0.717, 1.165) is 0 Å². The van der Waals surface area contributed by atoms with Crippen molar-refractivity contribution in [2.24, 2.45) is 0 Å². The first kappa shape index (κ1) is 13.4. The van der Waals surface area contributed by atoms with E-state index in [2.05, 4.69) is 20.9 Å². The first-order chi connectivity index (χ1) is 9.10. The van der Waals surface area contributed by atoms with Crippen LogP contribution in [0.15, 0.2) is 41.0 Å². The Kier molecular flexibility index (Phi) is 4.08. The molecule has 0 aliphatic carbocycles. The second kappa shape index (κ2) is 5.77. The summed E-state index contributed by atoms with van der Waals surface area (Å²) in [4.78, 5) is 3.81. The molecule has 0 saturated carbocycles. The Bertz CT molecular complexity index is 604. The van der Waals surface area contributed by atoms with Crippen LogP contribution in [-0.2, 0) is 0 Å². The third kappa shape index (κ3) is 3.27. The quantitative estimate of drug-likeness (QED) is 0.460. The van der Waals surface area contributed by atoms with Crippen molar-refractivity contribution in [3.8, 4) is 11.6 Å². The van der Waals surface area contributed by atoms with Crippen molar-refractivity contribution in [3.63, 3.8) is 0 Å². The zero-order valence-corrected chi connectivity index (χ0v) is 11.1. The molecule has 0 atom stereocenters. The smallest absolute Gasteiger partial charge is 0.255 e. The zero-order valence-electron chi connectivity index (χ0n) is 9.52. The van der Waals surface area contributed by atoms with E-state index in [9.17, 15) is 4.39 Å². The highest BCUT2D eigenvalue weighted by Gasteiger charge is 2.07. The van der Waals surface area contributed by atoms with Gasteiger partial charge in [0.1, 0.15) is 11.6 Å². The molecule has 5 nitrogen and oxygen atoms in total. The molecule has 3 N–H and O–H groups in total. The lowest BCUT2D eigenvalue weighted by Gasteiger charge is -2.07. The fraction of sp³-hybridized carbons (Fsp3) is 0. The number of benzene rings is 1. The molecule has 2 aromatic rings. The molecule has 0 saturated heterocycles. The minimum Gasteiger partial charge on any atom is -0.436 e. The molecule has 2 rings (SSSR count). The van der Waals surface area contributed by atoms with Gasteiger partial charge >= 0.3 is 0 Å². The molecule has 0 fully saturated rings. The van der Waals surface area contributed by atoms with Crippen molar-refractivity contribution in [1.82, 2.24) is 10.5 Å². The van der Waals surface area contributed by atoms with E-state index in [1.807, 2.05) is 0 Å². The SMILES string of the molecule is N=C(NO)c1ccc(Oc2ncc(Br)cc2F)cc1. The summed E-state index contributed by atoms with van der Waals surface area (Å²) in [7, 11) is 0. The van der Waals surface area contributed by atoms with Gasteiger partial charge in [-0.15, -0.1) is 0 Å². The first-order valence-electron chi connectivity index (χ1n) is 5.18. The van der Waals surface area contributed by atoms with Crippen LogP contribution in [-0.4, -0.2) is 16.0 Å². The summed E-state index contributed by atoms with van der Waals surface area (Å²) >= 11 is 3.10. The van der Waals surface area contributed by atoms with Crippen LogP contribution in [0, 0.1) is 11.2 Å². The molecule has 1 aromatic heterocycles. The van der Waals surface area contributed by atoms with Gasteiger partial charge in [-0.1, -0.05) is 0 Å². The summed E-state index contributed by atoms with van der Waals surface area (Å²) in [6.07, 6.45) is 1.43. The first-order valence-corrected chi connectivity index (χ1v) is 5.97. The van der Waals surface area contributed by atoms with Gasteiger partial charge < -0.3 is 4.74 Å². The molecular formula is C12H9BrFN3O2. The van der Waals surface area contributed by atoms with Gasteiger partial charge in [-0.05, 0) is 46.3 Å². The number of pyridine rings is 1. The maximum absolute atomic E-state index is 13.5. The van der Waals surface area contributed by atoms with Crippen molar-refractivity contribution >= 4 is 21.8 Å². The molecule has 1 aromatic carbocycles. The predicted molar refractivity (Wildman–Crippen MR) is 70.2 cm³/mol. The van der Waals surface area contributed by atoms with Gasteiger partial charge in [-0.3, -0.25) is 16.1 Å². The Morgan fingerprint density at radius 3 is 2.63 bits per heavy atom. The van der Waals surface area contributed by atoms with E-state index in [-0.39, 0.29) is 11.7 Å². The third-order valence-corrected chi connectivity index (χ3v) is 2.68. The van der Waals surface area contributed by atoms with Crippen LogP contribution in [0.2, 0.25) is 0 Å². The van der Waals surface area contributed by atoms with Gasteiger partial charge in [-0.2, -0.15) is 0 Å². The molecule has 0 aliphatic heterocycles. The fourth-order valence-electron chi connectivity index (χ4n) is 1.34. The van der Waals surface area contributed by atoms with E-state index in [0.29, 0.717) is 15.8 Å². The van der Waals surface area contributed by atoms with Gasteiger partial charge in [0.05, 0.1) is 0 Å². The van der Waals surface area contributed by atoms with Crippen LogP contribution in [0.3, 0.4) is 0 Å². The van der Waals surface area contributed by atoms with Gasteiger partial charge in [-0.25, -0.2) is 9.37 Å². The summed E-state index contributed by atoms with van der Waals surface area (Å²) < 4.78 is 19.3. The molecule has 0 bridgehead atoms.